The predicted molar refractivity (Wildman–Crippen MR) is 58.7 cm³/mol. The van der Waals surface area contributed by atoms with Crippen molar-refractivity contribution in [2.45, 2.75) is 60.0 Å². The minimum atomic E-state index is -0.205. The molecule has 1 N–H and O–H groups in total. The maximum Gasteiger partial charge on any atom is 0.0565 e. The van der Waals surface area contributed by atoms with Crippen molar-refractivity contribution in [1.29, 1.82) is 0 Å². The topological polar surface area (TPSA) is 20.2 Å². The molecule has 0 radical (unpaired) electrons. The van der Waals surface area contributed by atoms with Crippen molar-refractivity contribution >= 4 is 0 Å². The molecule has 2 atom stereocenters. The molecule has 0 aliphatic rings. The lowest BCUT2D eigenvalue weighted by Crippen LogP contribution is -2.28. The molecule has 0 aromatic carbocycles. The summed E-state index contributed by atoms with van der Waals surface area (Å²) in [6, 6.07) is 0. The van der Waals surface area contributed by atoms with Crippen LogP contribution >= 0.6 is 0 Å². The van der Waals surface area contributed by atoms with Gasteiger partial charge in [-0.05, 0) is 45.4 Å². The van der Waals surface area contributed by atoms with E-state index in [1.165, 1.54) is 5.57 Å². The van der Waals surface area contributed by atoms with Crippen molar-refractivity contribution in [2.75, 3.05) is 0 Å². The van der Waals surface area contributed by atoms with Crippen molar-refractivity contribution in [2.24, 2.45) is 5.41 Å². The van der Waals surface area contributed by atoms with Gasteiger partial charge in [-0.2, -0.15) is 0 Å². The molecule has 0 fully saturated rings. The van der Waals surface area contributed by atoms with Crippen LogP contribution in [0, 0.1) is 5.41 Å². The third-order valence-electron chi connectivity index (χ3n) is 3.08. The zero-order valence-electron chi connectivity index (χ0n) is 9.72. The molecule has 0 aromatic heterocycles. The molecule has 0 bridgehead atoms. The second-order valence-corrected chi connectivity index (χ2v) is 4.50. The highest BCUT2D eigenvalue weighted by Crippen LogP contribution is 2.31. The van der Waals surface area contributed by atoms with Gasteiger partial charge in [0.1, 0.15) is 0 Å². The third kappa shape index (κ3) is 4.47. The molecular formula is C12H24O. The molecule has 1 nitrogen and oxygen atoms in total. The zero-order chi connectivity index (χ0) is 10.5. The first-order chi connectivity index (χ1) is 5.92. The van der Waals surface area contributed by atoms with Gasteiger partial charge < -0.3 is 5.11 Å². The Balaban J connectivity index is 4.06. The van der Waals surface area contributed by atoms with Gasteiger partial charge in [0, 0.05) is 0 Å². The monoisotopic (exact) mass is 184 g/mol. The number of hydrogen-bond acceptors (Lipinski definition) is 1. The number of aliphatic hydroxyl groups is 1. The predicted octanol–water partition coefficient (Wildman–Crippen LogP) is 3.53. The largest absolute Gasteiger partial charge is 0.393 e. The summed E-state index contributed by atoms with van der Waals surface area (Å²) in [5, 5.41) is 9.62. The van der Waals surface area contributed by atoms with Gasteiger partial charge in [-0.3, -0.25) is 0 Å². The quantitative estimate of drug-likeness (QED) is 0.648. The summed E-state index contributed by atoms with van der Waals surface area (Å²) < 4.78 is 0. The fraction of sp³-hybridized carbons (Fsp3) is 0.833. The molecule has 0 heterocycles. The fourth-order valence-electron chi connectivity index (χ4n) is 1.37. The van der Waals surface area contributed by atoms with Crippen LogP contribution in [-0.2, 0) is 0 Å². The van der Waals surface area contributed by atoms with Gasteiger partial charge >= 0.3 is 0 Å². The molecule has 0 aliphatic heterocycles. The Morgan fingerprint density at radius 3 is 2.31 bits per heavy atom. The second kappa shape index (κ2) is 5.43. The average molecular weight is 184 g/mol. The number of allylic oxidation sites excluding steroid dienone is 2. The number of rotatable bonds is 5. The summed E-state index contributed by atoms with van der Waals surface area (Å²) in [7, 11) is 0. The van der Waals surface area contributed by atoms with Gasteiger partial charge in [0.25, 0.3) is 0 Å². The first-order valence-corrected chi connectivity index (χ1v) is 5.24. The van der Waals surface area contributed by atoms with Gasteiger partial charge in [0.2, 0.25) is 0 Å². The Bertz CT molecular complexity index is 166. The Hall–Kier alpha value is -0.300. The highest BCUT2D eigenvalue weighted by atomic mass is 16.3. The van der Waals surface area contributed by atoms with Crippen LogP contribution < -0.4 is 0 Å². The Kier molecular flexibility index (Phi) is 5.31. The maximum atomic E-state index is 9.62. The molecule has 0 aliphatic carbocycles. The van der Waals surface area contributed by atoms with Crippen molar-refractivity contribution in [3.63, 3.8) is 0 Å². The molecule has 78 valence electrons. The second-order valence-electron chi connectivity index (χ2n) is 4.50. The maximum absolute atomic E-state index is 9.62. The van der Waals surface area contributed by atoms with Gasteiger partial charge in [0.15, 0.2) is 0 Å². The number of aliphatic hydroxyl groups excluding tert-OH is 1. The SMILES string of the molecule is CCC(C)(CCC=C(C)C)C(C)O. The lowest BCUT2D eigenvalue weighted by atomic mass is 9.78. The van der Waals surface area contributed by atoms with E-state index >= 15 is 0 Å². The summed E-state index contributed by atoms with van der Waals surface area (Å²) in [6.07, 6.45) is 5.24. The van der Waals surface area contributed by atoms with Crippen LogP contribution in [0.5, 0.6) is 0 Å². The lowest BCUT2D eigenvalue weighted by Gasteiger charge is -2.31. The molecule has 0 saturated heterocycles. The van der Waals surface area contributed by atoms with E-state index in [1.807, 2.05) is 6.92 Å². The average Bonchev–Trinajstić information content (AvgIpc) is 2.03. The van der Waals surface area contributed by atoms with Gasteiger partial charge in [0.05, 0.1) is 6.10 Å². The first-order valence-electron chi connectivity index (χ1n) is 5.24. The molecule has 13 heavy (non-hydrogen) atoms. The van der Waals surface area contributed by atoms with E-state index in [9.17, 15) is 5.11 Å². The first kappa shape index (κ1) is 12.7. The number of hydrogen-bond donors (Lipinski definition) is 1. The summed E-state index contributed by atoms with van der Waals surface area (Å²) in [5.74, 6) is 0. The summed E-state index contributed by atoms with van der Waals surface area (Å²) in [5.41, 5.74) is 1.45. The molecule has 1 heteroatoms. The van der Waals surface area contributed by atoms with E-state index in [1.54, 1.807) is 0 Å². The van der Waals surface area contributed by atoms with Crippen LogP contribution in [0.3, 0.4) is 0 Å². The van der Waals surface area contributed by atoms with Crippen molar-refractivity contribution in [1.82, 2.24) is 0 Å². The Labute approximate surface area is 82.9 Å². The molecule has 0 saturated carbocycles. The summed E-state index contributed by atoms with van der Waals surface area (Å²) >= 11 is 0. The van der Waals surface area contributed by atoms with E-state index in [4.69, 9.17) is 0 Å². The van der Waals surface area contributed by atoms with E-state index < -0.39 is 0 Å². The van der Waals surface area contributed by atoms with Crippen LogP contribution in [0.15, 0.2) is 11.6 Å². The van der Waals surface area contributed by atoms with E-state index in [0.29, 0.717) is 0 Å². The van der Waals surface area contributed by atoms with Crippen LogP contribution in [0.1, 0.15) is 53.9 Å². The van der Waals surface area contributed by atoms with E-state index in [0.717, 1.165) is 19.3 Å². The molecule has 0 rings (SSSR count). The van der Waals surface area contributed by atoms with Gasteiger partial charge in [-0.15, -0.1) is 0 Å². The Morgan fingerprint density at radius 1 is 1.46 bits per heavy atom. The van der Waals surface area contributed by atoms with Gasteiger partial charge in [-0.25, -0.2) is 0 Å². The van der Waals surface area contributed by atoms with Crippen molar-refractivity contribution in [3.05, 3.63) is 11.6 Å². The van der Waals surface area contributed by atoms with E-state index in [-0.39, 0.29) is 11.5 Å². The van der Waals surface area contributed by atoms with Crippen LogP contribution in [0.25, 0.3) is 0 Å². The minimum Gasteiger partial charge on any atom is -0.393 e. The Morgan fingerprint density at radius 2 is 2.00 bits per heavy atom. The highest BCUT2D eigenvalue weighted by Gasteiger charge is 2.26. The third-order valence-corrected chi connectivity index (χ3v) is 3.08. The highest BCUT2D eigenvalue weighted by molar-refractivity contribution is 4.94. The minimum absolute atomic E-state index is 0.0892. The van der Waals surface area contributed by atoms with Crippen molar-refractivity contribution < 1.29 is 5.11 Å². The van der Waals surface area contributed by atoms with Crippen molar-refractivity contribution in [3.8, 4) is 0 Å². The molecule has 2 unspecified atom stereocenters. The molecule has 0 amide bonds. The smallest absolute Gasteiger partial charge is 0.0565 e. The van der Waals surface area contributed by atoms with Crippen LogP contribution in [-0.4, -0.2) is 11.2 Å². The standard InChI is InChI=1S/C12H24O/c1-6-12(5,11(4)13)9-7-8-10(2)3/h8,11,13H,6-7,9H2,1-5H3. The molecular weight excluding hydrogens is 160 g/mol. The van der Waals surface area contributed by atoms with E-state index in [2.05, 4.69) is 33.8 Å². The fourth-order valence-corrected chi connectivity index (χ4v) is 1.37. The van der Waals surface area contributed by atoms with Gasteiger partial charge in [-0.1, -0.05) is 25.5 Å². The summed E-state index contributed by atoms with van der Waals surface area (Å²) in [4.78, 5) is 0. The zero-order valence-corrected chi connectivity index (χ0v) is 9.72. The molecule has 0 aromatic rings. The van der Waals surface area contributed by atoms with Crippen LogP contribution in [0.4, 0.5) is 0 Å². The lowest BCUT2D eigenvalue weighted by molar-refractivity contribution is 0.0432. The van der Waals surface area contributed by atoms with Crippen LogP contribution in [0.2, 0.25) is 0 Å². The summed E-state index contributed by atoms with van der Waals surface area (Å²) in [6.45, 7) is 10.4. The molecule has 0 spiro atoms. The normalized spacial score (nSPS) is 17.7.